The minimum absolute atomic E-state index is 0.253. The maximum Gasteiger partial charge on any atom is 0.347 e. The monoisotopic (exact) mass is 207 g/mol. The number of nitrogens with zero attached hydrogens (tertiary/aromatic N) is 1. The van der Waals surface area contributed by atoms with E-state index in [-0.39, 0.29) is 5.57 Å². The summed E-state index contributed by atoms with van der Waals surface area (Å²) in [5, 5.41) is 0. The molecule has 0 bridgehead atoms. The number of amides is 1. The summed E-state index contributed by atoms with van der Waals surface area (Å²) in [6.45, 7) is 6.18. The molecule has 0 aromatic heterocycles. The van der Waals surface area contributed by atoms with E-state index >= 15 is 0 Å². The summed E-state index contributed by atoms with van der Waals surface area (Å²) in [5.41, 5.74) is 0.253. The van der Waals surface area contributed by atoms with Gasteiger partial charge in [0.15, 0.2) is 0 Å². The fourth-order valence-corrected chi connectivity index (χ4v) is 1.25. The minimum Gasteiger partial charge on any atom is -0.328 e. The second-order valence-electron chi connectivity index (χ2n) is 2.92. The van der Waals surface area contributed by atoms with Crippen LogP contribution in [-0.2, 0) is 9.36 Å². The zero-order valence-corrected chi connectivity index (χ0v) is 8.78. The van der Waals surface area contributed by atoms with Gasteiger partial charge in [-0.25, -0.2) is 0 Å². The van der Waals surface area contributed by atoms with Crippen molar-refractivity contribution in [1.82, 2.24) is 4.90 Å². The van der Waals surface area contributed by atoms with Gasteiger partial charge in [-0.3, -0.25) is 9.36 Å². The Morgan fingerprint density at radius 1 is 1.54 bits per heavy atom. The molecular weight excluding hydrogens is 193 g/mol. The Morgan fingerprint density at radius 3 is 2.15 bits per heavy atom. The first-order valence-corrected chi connectivity index (χ1v) is 5.34. The van der Waals surface area contributed by atoms with Crippen LogP contribution in [-0.4, -0.2) is 33.4 Å². The fraction of sp³-hybridized carbons (Fsp3) is 0.571. The van der Waals surface area contributed by atoms with E-state index < -0.39 is 19.3 Å². The van der Waals surface area contributed by atoms with E-state index in [1.54, 1.807) is 0 Å². The summed E-state index contributed by atoms with van der Waals surface area (Å²) in [7, 11) is -2.91. The number of likely N-dealkylation sites (N-methyl/N-ethyl adjacent to an activating group) is 1. The molecule has 1 atom stereocenters. The van der Waals surface area contributed by atoms with Crippen molar-refractivity contribution >= 4 is 13.5 Å². The van der Waals surface area contributed by atoms with Crippen LogP contribution in [0.3, 0.4) is 0 Å². The van der Waals surface area contributed by atoms with Crippen molar-refractivity contribution in [3.8, 4) is 0 Å². The van der Waals surface area contributed by atoms with Crippen LogP contribution in [0.5, 0.6) is 0 Å². The van der Waals surface area contributed by atoms with Gasteiger partial charge >= 0.3 is 7.60 Å². The van der Waals surface area contributed by atoms with Crippen LogP contribution >= 0.6 is 7.60 Å². The number of carbonyl (C=O) groups is 1. The first-order chi connectivity index (χ1) is 5.68. The van der Waals surface area contributed by atoms with Gasteiger partial charge in [-0.2, -0.15) is 0 Å². The number of carbonyl (C=O) groups excluding carboxylic acids is 1. The lowest BCUT2D eigenvalue weighted by Crippen LogP contribution is -2.35. The summed E-state index contributed by atoms with van der Waals surface area (Å²) in [5.74, 6) is -1.58. The molecule has 76 valence electrons. The van der Waals surface area contributed by atoms with Gasteiger partial charge in [0, 0.05) is 12.6 Å². The molecule has 0 aliphatic rings. The van der Waals surface area contributed by atoms with E-state index in [9.17, 15) is 9.36 Å². The van der Waals surface area contributed by atoms with Gasteiger partial charge in [-0.15, -0.1) is 0 Å². The van der Waals surface area contributed by atoms with Crippen LogP contribution in [0.15, 0.2) is 12.2 Å². The van der Waals surface area contributed by atoms with Gasteiger partial charge in [0.25, 0.3) is 0 Å². The molecule has 0 aromatic rings. The first kappa shape index (κ1) is 12.4. The SMILES string of the molecule is C=C(C)C(=O)N(C)C(C)P(=O)(O)O. The van der Waals surface area contributed by atoms with Crippen LogP contribution in [0.1, 0.15) is 13.8 Å². The van der Waals surface area contributed by atoms with E-state index in [1.807, 2.05) is 0 Å². The quantitative estimate of drug-likeness (QED) is 0.523. The zero-order chi connectivity index (χ0) is 10.8. The highest BCUT2D eigenvalue weighted by molar-refractivity contribution is 7.52. The van der Waals surface area contributed by atoms with Crippen molar-refractivity contribution < 1.29 is 19.1 Å². The molecule has 0 saturated heterocycles. The van der Waals surface area contributed by atoms with Gasteiger partial charge in [-0.05, 0) is 13.8 Å². The van der Waals surface area contributed by atoms with Gasteiger partial charge in [0.1, 0.15) is 5.78 Å². The molecule has 0 spiro atoms. The summed E-state index contributed by atoms with van der Waals surface area (Å²) in [6.07, 6.45) is 0. The molecule has 0 aliphatic carbocycles. The Hall–Kier alpha value is -0.640. The lowest BCUT2D eigenvalue weighted by atomic mass is 10.3. The van der Waals surface area contributed by atoms with Crippen molar-refractivity contribution in [2.75, 3.05) is 7.05 Å². The van der Waals surface area contributed by atoms with Crippen LogP contribution < -0.4 is 0 Å². The molecule has 13 heavy (non-hydrogen) atoms. The molecule has 0 heterocycles. The fourth-order valence-electron chi connectivity index (χ4n) is 0.696. The minimum atomic E-state index is -4.24. The Labute approximate surface area is 77.2 Å². The van der Waals surface area contributed by atoms with Gasteiger partial charge < -0.3 is 14.7 Å². The second kappa shape index (κ2) is 4.05. The summed E-state index contributed by atoms with van der Waals surface area (Å²) >= 11 is 0. The summed E-state index contributed by atoms with van der Waals surface area (Å²) < 4.78 is 10.8. The molecule has 5 nitrogen and oxygen atoms in total. The Balaban J connectivity index is 4.62. The van der Waals surface area contributed by atoms with Crippen molar-refractivity contribution in [1.29, 1.82) is 0 Å². The predicted octanol–water partition coefficient (Wildman–Crippen LogP) is 0.545. The average molecular weight is 207 g/mol. The van der Waals surface area contributed by atoms with Crippen LogP contribution in [0, 0.1) is 0 Å². The van der Waals surface area contributed by atoms with Crippen LogP contribution in [0.25, 0.3) is 0 Å². The van der Waals surface area contributed by atoms with E-state index in [2.05, 4.69) is 6.58 Å². The normalized spacial score (nSPS) is 13.6. The molecule has 0 radical (unpaired) electrons. The standard InChI is InChI=1S/C7H14NO4P/c1-5(2)7(9)8(4)6(3)13(10,11)12/h6H,1H2,2-4H3,(H2,10,11,12). The van der Waals surface area contributed by atoms with Crippen LogP contribution in [0.2, 0.25) is 0 Å². The van der Waals surface area contributed by atoms with Gasteiger partial charge in [-0.1, -0.05) is 6.58 Å². The third-order valence-electron chi connectivity index (χ3n) is 1.73. The van der Waals surface area contributed by atoms with Crippen LogP contribution in [0.4, 0.5) is 0 Å². The maximum absolute atomic E-state index is 11.2. The zero-order valence-electron chi connectivity index (χ0n) is 7.89. The molecule has 1 amide bonds. The molecule has 0 saturated carbocycles. The molecule has 6 heteroatoms. The van der Waals surface area contributed by atoms with Crippen molar-refractivity contribution in [3.63, 3.8) is 0 Å². The second-order valence-corrected chi connectivity index (χ2v) is 4.84. The molecule has 0 fully saturated rings. The van der Waals surface area contributed by atoms with E-state index in [1.165, 1.54) is 20.9 Å². The molecule has 1 unspecified atom stereocenters. The van der Waals surface area contributed by atoms with E-state index in [0.29, 0.717) is 0 Å². The molecule has 0 aromatic carbocycles. The molecular formula is C7H14NO4P. The third-order valence-corrected chi connectivity index (χ3v) is 3.05. The number of hydrogen-bond acceptors (Lipinski definition) is 2. The maximum atomic E-state index is 11.2. The van der Waals surface area contributed by atoms with Crippen molar-refractivity contribution in [2.24, 2.45) is 0 Å². The largest absolute Gasteiger partial charge is 0.347 e. The Morgan fingerprint density at radius 2 is 1.92 bits per heavy atom. The molecule has 2 N–H and O–H groups in total. The van der Waals surface area contributed by atoms with Gasteiger partial charge in [0.05, 0.1) is 0 Å². The van der Waals surface area contributed by atoms with Crippen molar-refractivity contribution in [2.45, 2.75) is 19.6 Å². The topological polar surface area (TPSA) is 77.8 Å². The lowest BCUT2D eigenvalue weighted by Gasteiger charge is -2.25. The molecule has 0 rings (SSSR count). The highest BCUT2D eigenvalue weighted by atomic mass is 31.2. The average Bonchev–Trinajstić information content (AvgIpc) is 1.98. The summed E-state index contributed by atoms with van der Waals surface area (Å²) in [4.78, 5) is 29.8. The Bertz CT molecular complexity index is 270. The highest BCUT2D eigenvalue weighted by Crippen LogP contribution is 2.42. The predicted molar refractivity (Wildman–Crippen MR) is 49.1 cm³/mol. The number of hydrogen-bond donors (Lipinski definition) is 2. The third kappa shape index (κ3) is 3.30. The smallest absolute Gasteiger partial charge is 0.328 e. The lowest BCUT2D eigenvalue weighted by molar-refractivity contribution is -0.126. The van der Waals surface area contributed by atoms with E-state index in [0.717, 1.165) is 4.90 Å². The molecule has 0 aliphatic heterocycles. The number of rotatable bonds is 3. The highest BCUT2D eigenvalue weighted by Gasteiger charge is 2.30. The van der Waals surface area contributed by atoms with Gasteiger partial charge in [0.2, 0.25) is 5.91 Å². The first-order valence-electron chi connectivity index (χ1n) is 3.65. The summed E-state index contributed by atoms with van der Waals surface area (Å²) in [6, 6.07) is 0. The van der Waals surface area contributed by atoms with Crippen molar-refractivity contribution in [3.05, 3.63) is 12.2 Å². The Kier molecular flexibility index (Phi) is 3.85. The van der Waals surface area contributed by atoms with E-state index in [4.69, 9.17) is 9.79 Å².